The van der Waals surface area contributed by atoms with Crippen molar-refractivity contribution in [1.82, 2.24) is 0 Å². The van der Waals surface area contributed by atoms with Gasteiger partial charge in [-0.15, -0.1) is 0 Å². The third-order valence-electron chi connectivity index (χ3n) is 2.41. The quantitative estimate of drug-likeness (QED) is 0.593. The van der Waals surface area contributed by atoms with Crippen LogP contribution < -0.4 is 4.18 Å². The molecule has 0 unspecified atom stereocenters. The molecule has 0 radical (unpaired) electrons. The van der Waals surface area contributed by atoms with Crippen LogP contribution in [0.3, 0.4) is 0 Å². The van der Waals surface area contributed by atoms with E-state index in [1.165, 1.54) is 13.0 Å². The van der Waals surface area contributed by atoms with Crippen LogP contribution in [0.4, 0.5) is 4.39 Å². The molecular formula is C13H10FIO3S. The maximum Gasteiger partial charge on any atom is 0.339 e. The van der Waals surface area contributed by atoms with Crippen LogP contribution in [0.1, 0.15) is 5.56 Å². The van der Waals surface area contributed by atoms with Gasteiger partial charge in [-0.05, 0) is 71.5 Å². The van der Waals surface area contributed by atoms with Crippen molar-refractivity contribution in [3.05, 3.63) is 57.4 Å². The fraction of sp³-hybridized carbons (Fsp3) is 0.0769. The van der Waals surface area contributed by atoms with E-state index in [1.807, 2.05) is 6.07 Å². The summed E-state index contributed by atoms with van der Waals surface area (Å²) in [7, 11) is -3.95. The molecule has 100 valence electrons. The van der Waals surface area contributed by atoms with Crippen molar-refractivity contribution in [3.63, 3.8) is 0 Å². The Bertz CT molecular complexity index is 714. The fourth-order valence-electron chi connectivity index (χ4n) is 1.58. The molecule has 2 aromatic rings. The minimum absolute atomic E-state index is 0.0345. The van der Waals surface area contributed by atoms with Crippen molar-refractivity contribution in [2.24, 2.45) is 0 Å². The molecule has 2 aromatic carbocycles. The second-order valence-corrected chi connectivity index (χ2v) is 6.67. The summed E-state index contributed by atoms with van der Waals surface area (Å²) in [5.41, 5.74) is 0.311. The van der Waals surface area contributed by atoms with Crippen LogP contribution >= 0.6 is 22.6 Å². The smallest absolute Gasteiger partial charge is 0.339 e. The molecule has 3 nitrogen and oxygen atoms in total. The van der Waals surface area contributed by atoms with Crippen LogP contribution in [-0.2, 0) is 10.1 Å². The molecule has 0 aliphatic rings. The zero-order valence-corrected chi connectivity index (χ0v) is 12.9. The zero-order chi connectivity index (χ0) is 14.0. The van der Waals surface area contributed by atoms with Gasteiger partial charge in [-0.2, -0.15) is 8.42 Å². The molecule has 0 aliphatic carbocycles. The van der Waals surface area contributed by atoms with Crippen LogP contribution in [0.15, 0.2) is 47.4 Å². The molecule has 0 aromatic heterocycles. The highest BCUT2D eigenvalue weighted by Crippen LogP contribution is 2.23. The Morgan fingerprint density at radius 1 is 1.16 bits per heavy atom. The van der Waals surface area contributed by atoms with E-state index >= 15 is 0 Å². The Morgan fingerprint density at radius 3 is 2.53 bits per heavy atom. The number of halogens is 2. The molecule has 0 saturated carbocycles. The highest BCUT2D eigenvalue weighted by Gasteiger charge is 2.19. The summed E-state index contributed by atoms with van der Waals surface area (Å²) in [4.78, 5) is -0.0345. The van der Waals surface area contributed by atoms with Gasteiger partial charge in [0.1, 0.15) is 16.5 Å². The first-order valence-corrected chi connectivity index (χ1v) is 7.83. The van der Waals surface area contributed by atoms with E-state index in [9.17, 15) is 12.8 Å². The molecule has 0 bridgehead atoms. The topological polar surface area (TPSA) is 43.4 Å². The van der Waals surface area contributed by atoms with Crippen LogP contribution in [0.25, 0.3) is 0 Å². The molecule has 19 heavy (non-hydrogen) atoms. The first-order chi connectivity index (χ1) is 8.88. The minimum atomic E-state index is -3.95. The average Bonchev–Trinajstić information content (AvgIpc) is 2.27. The summed E-state index contributed by atoms with van der Waals surface area (Å²) < 4.78 is 43.1. The van der Waals surface area contributed by atoms with E-state index in [2.05, 4.69) is 22.6 Å². The van der Waals surface area contributed by atoms with Crippen molar-refractivity contribution in [1.29, 1.82) is 0 Å². The lowest BCUT2D eigenvalue weighted by Crippen LogP contribution is -2.11. The number of rotatable bonds is 3. The van der Waals surface area contributed by atoms with Crippen molar-refractivity contribution in [3.8, 4) is 5.75 Å². The van der Waals surface area contributed by atoms with Gasteiger partial charge in [-0.1, -0.05) is 6.07 Å². The normalized spacial score (nSPS) is 11.3. The Morgan fingerprint density at radius 2 is 1.89 bits per heavy atom. The lowest BCUT2D eigenvalue weighted by atomic mass is 10.2. The molecular weight excluding hydrogens is 382 g/mol. The third kappa shape index (κ3) is 3.44. The Kier molecular flexibility index (Phi) is 4.10. The van der Waals surface area contributed by atoms with Gasteiger partial charge in [0.25, 0.3) is 0 Å². The first kappa shape index (κ1) is 14.3. The number of hydrogen-bond donors (Lipinski definition) is 0. The summed E-state index contributed by atoms with van der Waals surface area (Å²) in [6, 6.07) is 10.1. The largest absolute Gasteiger partial charge is 0.379 e. The lowest BCUT2D eigenvalue weighted by molar-refractivity contribution is 0.485. The Labute approximate surface area is 124 Å². The van der Waals surface area contributed by atoms with Gasteiger partial charge in [0.05, 0.1) is 0 Å². The molecule has 2 rings (SSSR count). The fourth-order valence-corrected chi connectivity index (χ4v) is 3.23. The second kappa shape index (κ2) is 5.46. The van der Waals surface area contributed by atoms with Crippen LogP contribution in [0.2, 0.25) is 0 Å². The summed E-state index contributed by atoms with van der Waals surface area (Å²) in [6.07, 6.45) is 0. The third-order valence-corrected chi connectivity index (χ3v) is 4.49. The maximum atomic E-state index is 13.0. The minimum Gasteiger partial charge on any atom is -0.379 e. The molecule has 0 amide bonds. The first-order valence-electron chi connectivity index (χ1n) is 5.35. The highest BCUT2D eigenvalue weighted by molar-refractivity contribution is 14.1. The summed E-state index contributed by atoms with van der Waals surface area (Å²) >= 11 is 2.06. The zero-order valence-electron chi connectivity index (χ0n) is 9.93. The van der Waals surface area contributed by atoms with Gasteiger partial charge in [0.15, 0.2) is 0 Å². The lowest BCUT2D eigenvalue weighted by Gasteiger charge is -2.09. The number of hydrogen-bond acceptors (Lipinski definition) is 3. The van der Waals surface area contributed by atoms with Crippen LogP contribution in [0, 0.1) is 16.3 Å². The van der Waals surface area contributed by atoms with E-state index in [0.717, 1.165) is 15.7 Å². The van der Waals surface area contributed by atoms with E-state index in [1.54, 1.807) is 18.2 Å². The van der Waals surface area contributed by atoms with E-state index in [4.69, 9.17) is 4.18 Å². The van der Waals surface area contributed by atoms with Crippen molar-refractivity contribution in [2.75, 3.05) is 0 Å². The average molecular weight is 392 g/mol. The molecule has 6 heteroatoms. The van der Waals surface area contributed by atoms with E-state index < -0.39 is 15.9 Å². The van der Waals surface area contributed by atoms with Gasteiger partial charge < -0.3 is 4.18 Å². The molecule has 0 fully saturated rings. The van der Waals surface area contributed by atoms with E-state index in [-0.39, 0.29) is 10.6 Å². The van der Waals surface area contributed by atoms with Gasteiger partial charge in [0.2, 0.25) is 0 Å². The number of aryl methyl sites for hydroxylation is 1. The van der Waals surface area contributed by atoms with E-state index in [0.29, 0.717) is 5.56 Å². The van der Waals surface area contributed by atoms with Gasteiger partial charge >= 0.3 is 10.1 Å². The van der Waals surface area contributed by atoms with Crippen LogP contribution in [-0.4, -0.2) is 8.42 Å². The standard InChI is InChI=1S/C13H10FIO3S/c1-9-7-10(14)5-6-13(9)19(16,17)18-12-4-2-3-11(15)8-12/h2-8H,1H3. The molecule has 0 atom stereocenters. The summed E-state index contributed by atoms with van der Waals surface area (Å²) in [6.45, 7) is 1.52. The Hall–Kier alpha value is -1.15. The number of benzene rings is 2. The van der Waals surface area contributed by atoms with Gasteiger partial charge in [-0.3, -0.25) is 0 Å². The predicted molar refractivity (Wildman–Crippen MR) is 78.1 cm³/mol. The molecule has 0 N–H and O–H groups in total. The van der Waals surface area contributed by atoms with Crippen molar-refractivity contribution < 1.29 is 17.0 Å². The van der Waals surface area contributed by atoms with Gasteiger partial charge in [-0.25, -0.2) is 4.39 Å². The summed E-state index contributed by atoms with van der Waals surface area (Å²) in [5, 5.41) is 0. The molecule has 0 aliphatic heterocycles. The molecule has 0 saturated heterocycles. The highest BCUT2D eigenvalue weighted by atomic mass is 127. The van der Waals surface area contributed by atoms with Gasteiger partial charge in [0, 0.05) is 3.57 Å². The molecule has 0 heterocycles. The SMILES string of the molecule is Cc1cc(F)ccc1S(=O)(=O)Oc1cccc(I)c1. The Balaban J connectivity index is 2.38. The molecule has 0 spiro atoms. The second-order valence-electron chi connectivity index (χ2n) is 3.90. The van der Waals surface area contributed by atoms with Crippen LogP contribution in [0.5, 0.6) is 5.75 Å². The van der Waals surface area contributed by atoms with Crippen molar-refractivity contribution >= 4 is 32.7 Å². The monoisotopic (exact) mass is 392 g/mol. The van der Waals surface area contributed by atoms with Crippen molar-refractivity contribution in [2.45, 2.75) is 11.8 Å². The summed E-state index contributed by atoms with van der Waals surface area (Å²) in [5.74, 6) is -0.249. The maximum absolute atomic E-state index is 13.0. The predicted octanol–water partition coefficient (Wildman–Crippen LogP) is 3.51.